The maximum absolute atomic E-state index is 9.99. The van der Waals surface area contributed by atoms with Gasteiger partial charge in [-0.2, -0.15) is 0 Å². The molecular formula is C9H5BrClNO. The van der Waals surface area contributed by atoms with Crippen molar-refractivity contribution in [2.45, 2.75) is 6.42 Å². The molecule has 0 unspecified atom stereocenters. The predicted octanol–water partition coefficient (Wildman–Crippen LogP) is 2.44. The molecule has 0 saturated carbocycles. The third-order valence-electron chi connectivity index (χ3n) is 1.21. The van der Waals surface area contributed by atoms with Crippen molar-refractivity contribution in [3.05, 3.63) is 27.5 Å². The van der Waals surface area contributed by atoms with Crippen molar-refractivity contribution in [1.82, 2.24) is 4.98 Å². The lowest BCUT2D eigenvalue weighted by molar-refractivity contribution is -0.107. The summed E-state index contributed by atoms with van der Waals surface area (Å²) in [6, 6.07) is 1.76. The Hall–Kier alpha value is -0.850. The number of aldehydes is 1. The van der Waals surface area contributed by atoms with E-state index in [1.807, 2.05) is 0 Å². The Balaban J connectivity index is 2.95. The zero-order chi connectivity index (χ0) is 9.68. The fraction of sp³-hybridized carbons (Fsp3) is 0.111. The van der Waals surface area contributed by atoms with Gasteiger partial charge >= 0.3 is 0 Å². The number of halogens is 2. The molecule has 2 nitrogen and oxygen atoms in total. The van der Waals surface area contributed by atoms with E-state index in [1.54, 1.807) is 12.3 Å². The largest absolute Gasteiger partial charge is 0.302 e. The van der Waals surface area contributed by atoms with Crippen molar-refractivity contribution in [2.24, 2.45) is 0 Å². The van der Waals surface area contributed by atoms with E-state index in [2.05, 4.69) is 32.8 Å². The Morgan fingerprint density at radius 1 is 1.69 bits per heavy atom. The van der Waals surface area contributed by atoms with Crippen LogP contribution in [0, 0.1) is 11.8 Å². The summed E-state index contributed by atoms with van der Waals surface area (Å²) in [6.45, 7) is 0. The van der Waals surface area contributed by atoms with Gasteiger partial charge in [-0.1, -0.05) is 23.4 Å². The van der Waals surface area contributed by atoms with Crippen LogP contribution < -0.4 is 0 Å². The van der Waals surface area contributed by atoms with E-state index in [1.165, 1.54) is 0 Å². The molecule has 13 heavy (non-hydrogen) atoms. The third-order valence-corrected chi connectivity index (χ3v) is 1.95. The number of carbonyl (C=O) groups excluding carboxylic acids is 1. The van der Waals surface area contributed by atoms with Gasteiger partial charge < -0.3 is 4.79 Å². The summed E-state index contributed by atoms with van der Waals surface area (Å²) in [5, 5.41) is 0.349. The Labute approximate surface area is 89.4 Å². The summed E-state index contributed by atoms with van der Waals surface area (Å²) in [5.41, 5.74) is 0.623. The van der Waals surface area contributed by atoms with Crippen molar-refractivity contribution in [3.8, 4) is 11.8 Å². The van der Waals surface area contributed by atoms with Crippen LogP contribution in [-0.4, -0.2) is 11.3 Å². The van der Waals surface area contributed by atoms with Crippen LogP contribution in [-0.2, 0) is 4.79 Å². The van der Waals surface area contributed by atoms with E-state index in [0.717, 1.165) is 10.8 Å². The molecule has 0 radical (unpaired) electrons. The van der Waals surface area contributed by atoms with Crippen molar-refractivity contribution >= 4 is 33.8 Å². The van der Waals surface area contributed by atoms with Crippen LogP contribution in [0.1, 0.15) is 12.0 Å². The monoisotopic (exact) mass is 257 g/mol. The fourth-order valence-corrected chi connectivity index (χ4v) is 1.18. The Bertz CT molecular complexity index is 381. The van der Waals surface area contributed by atoms with Crippen molar-refractivity contribution in [1.29, 1.82) is 0 Å². The molecule has 0 aliphatic carbocycles. The van der Waals surface area contributed by atoms with Crippen LogP contribution in [0.25, 0.3) is 0 Å². The fourth-order valence-electron chi connectivity index (χ4n) is 0.698. The number of hydrogen-bond acceptors (Lipinski definition) is 2. The molecule has 0 spiro atoms. The van der Waals surface area contributed by atoms with E-state index >= 15 is 0 Å². The summed E-state index contributed by atoms with van der Waals surface area (Å²) in [7, 11) is 0. The number of nitrogens with zero attached hydrogens (tertiary/aromatic N) is 1. The number of hydrogen-bond donors (Lipinski definition) is 0. The smallest absolute Gasteiger partial charge is 0.144 e. The summed E-state index contributed by atoms with van der Waals surface area (Å²) in [6.07, 6.45) is 2.54. The lowest BCUT2D eigenvalue weighted by Gasteiger charge is -1.94. The Morgan fingerprint density at radius 2 is 2.46 bits per heavy atom. The molecule has 0 N–H and O–H groups in total. The third kappa shape index (κ3) is 3.17. The number of rotatable bonds is 1. The van der Waals surface area contributed by atoms with Gasteiger partial charge in [0.1, 0.15) is 11.4 Å². The zero-order valence-corrected chi connectivity index (χ0v) is 8.89. The van der Waals surface area contributed by atoms with E-state index in [9.17, 15) is 4.79 Å². The highest BCUT2D eigenvalue weighted by atomic mass is 79.9. The van der Waals surface area contributed by atoms with Crippen LogP contribution in [0.2, 0.25) is 5.15 Å². The minimum absolute atomic E-state index is 0.211. The lowest BCUT2D eigenvalue weighted by atomic mass is 10.3. The van der Waals surface area contributed by atoms with E-state index in [4.69, 9.17) is 11.6 Å². The van der Waals surface area contributed by atoms with Crippen LogP contribution >= 0.6 is 27.5 Å². The second kappa shape index (κ2) is 5.00. The van der Waals surface area contributed by atoms with E-state index in [0.29, 0.717) is 10.7 Å². The van der Waals surface area contributed by atoms with Crippen LogP contribution in [0.3, 0.4) is 0 Å². The molecule has 0 fully saturated rings. The van der Waals surface area contributed by atoms with Crippen molar-refractivity contribution in [3.63, 3.8) is 0 Å². The number of carbonyl (C=O) groups is 1. The average Bonchev–Trinajstić information content (AvgIpc) is 2.11. The SMILES string of the molecule is O=CCC#Cc1cc(Br)cnc1Cl. The molecule has 1 heterocycles. The molecule has 0 amide bonds. The van der Waals surface area contributed by atoms with Gasteiger partial charge in [0.25, 0.3) is 0 Å². The first-order valence-electron chi connectivity index (χ1n) is 3.47. The Morgan fingerprint density at radius 3 is 3.15 bits per heavy atom. The molecule has 1 aromatic rings. The maximum Gasteiger partial charge on any atom is 0.144 e. The molecule has 0 aromatic carbocycles. The Kier molecular flexibility index (Phi) is 3.94. The van der Waals surface area contributed by atoms with Gasteiger partial charge in [0.15, 0.2) is 0 Å². The first-order valence-corrected chi connectivity index (χ1v) is 4.64. The van der Waals surface area contributed by atoms with E-state index < -0.39 is 0 Å². The van der Waals surface area contributed by atoms with Gasteiger partial charge in [-0.25, -0.2) is 4.98 Å². The molecule has 0 saturated heterocycles. The van der Waals surface area contributed by atoms with Gasteiger partial charge in [0.05, 0.1) is 12.0 Å². The van der Waals surface area contributed by atoms with Gasteiger partial charge in [-0.15, -0.1) is 0 Å². The molecule has 0 aliphatic heterocycles. The summed E-state index contributed by atoms with van der Waals surface area (Å²) >= 11 is 9.00. The van der Waals surface area contributed by atoms with Gasteiger partial charge in [-0.05, 0) is 22.0 Å². The van der Waals surface area contributed by atoms with E-state index in [-0.39, 0.29) is 6.42 Å². The molecule has 0 aliphatic rings. The minimum atomic E-state index is 0.211. The highest BCUT2D eigenvalue weighted by Gasteiger charge is 1.97. The molecule has 66 valence electrons. The van der Waals surface area contributed by atoms with Crippen molar-refractivity contribution < 1.29 is 4.79 Å². The zero-order valence-electron chi connectivity index (χ0n) is 6.55. The summed E-state index contributed by atoms with van der Waals surface area (Å²) in [5.74, 6) is 5.41. The second-order valence-electron chi connectivity index (χ2n) is 2.16. The van der Waals surface area contributed by atoms with Crippen LogP contribution in [0.5, 0.6) is 0 Å². The van der Waals surface area contributed by atoms with Crippen LogP contribution in [0.15, 0.2) is 16.7 Å². The second-order valence-corrected chi connectivity index (χ2v) is 3.44. The van der Waals surface area contributed by atoms with Gasteiger partial charge in [-0.3, -0.25) is 0 Å². The molecule has 0 atom stereocenters. The average molecular weight is 259 g/mol. The molecule has 1 rings (SSSR count). The highest BCUT2D eigenvalue weighted by Crippen LogP contribution is 2.16. The first kappa shape index (κ1) is 10.2. The van der Waals surface area contributed by atoms with Crippen LogP contribution in [0.4, 0.5) is 0 Å². The topological polar surface area (TPSA) is 30.0 Å². The lowest BCUT2D eigenvalue weighted by Crippen LogP contribution is -1.82. The molecule has 1 aromatic heterocycles. The molecule has 0 bridgehead atoms. The number of pyridine rings is 1. The standard InChI is InChI=1S/C9H5BrClNO/c10-8-5-7(3-1-2-4-13)9(11)12-6-8/h4-6H,2H2. The van der Waals surface area contributed by atoms with Gasteiger partial charge in [0, 0.05) is 10.7 Å². The molecular weight excluding hydrogens is 253 g/mol. The first-order chi connectivity index (χ1) is 6.24. The van der Waals surface area contributed by atoms with Gasteiger partial charge in [0.2, 0.25) is 0 Å². The maximum atomic E-state index is 9.99. The van der Waals surface area contributed by atoms with Crippen molar-refractivity contribution in [2.75, 3.05) is 0 Å². The summed E-state index contributed by atoms with van der Waals surface area (Å²) in [4.78, 5) is 13.9. The molecule has 4 heteroatoms. The predicted molar refractivity (Wildman–Crippen MR) is 54.5 cm³/mol. The highest BCUT2D eigenvalue weighted by molar-refractivity contribution is 9.10. The normalized spacial score (nSPS) is 8.77. The quantitative estimate of drug-likeness (QED) is 0.440. The number of aromatic nitrogens is 1. The minimum Gasteiger partial charge on any atom is -0.302 e. The summed E-state index contributed by atoms with van der Waals surface area (Å²) < 4.78 is 0.812.